The lowest BCUT2D eigenvalue weighted by Crippen LogP contribution is -2.54. The zero-order valence-electron chi connectivity index (χ0n) is 10.9. The molecule has 2 rings (SSSR count). The standard InChI is InChI=1S/C13H24BrN3/c1-12(14)10-16-6-8-17(9-7-16)13-4-3-5-15(2)11-13/h13H,1,3-11H2,2H3. The number of piperidine rings is 1. The maximum Gasteiger partial charge on any atom is 0.0294 e. The molecule has 2 fully saturated rings. The summed E-state index contributed by atoms with van der Waals surface area (Å²) in [4.78, 5) is 7.64. The van der Waals surface area contributed by atoms with Crippen LogP contribution in [0.3, 0.4) is 0 Å². The van der Waals surface area contributed by atoms with E-state index in [-0.39, 0.29) is 0 Å². The van der Waals surface area contributed by atoms with Gasteiger partial charge in [0, 0.05) is 49.8 Å². The number of nitrogens with zero attached hydrogens (tertiary/aromatic N) is 3. The van der Waals surface area contributed by atoms with E-state index >= 15 is 0 Å². The molecule has 0 saturated carbocycles. The molecule has 0 N–H and O–H groups in total. The molecule has 0 amide bonds. The highest BCUT2D eigenvalue weighted by atomic mass is 79.9. The third-order valence-electron chi connectivity index (χ3n) is 3.92. The van der Waals surface area contributed by atoms with E-state index in [0.717, 1.165) is 17.1 Å². The Balaban J connectivity index is 1.76. The zero-order valence-corrected chi connectivity index (χ0v) is 12.5. The molecule has 0 radical (unpaired) electrons. The maximum absolute atomic E-state index is 3.92. The van der Waals surface area contributed by atoms with Crippen molar-refractivity contribution in [1.82, 2.24) is 14.7 Å². The number of likely N-dealkylation sites (N-methyl/N-ethyl adjacent to an activating group) is 1. The second-order valence-electron chi connectivity index (χ2n) is 5.39. The maximum atomic E-state index is 3.92. The first-order chi connectivity index (χ1) is 8.15. The van der Waals surface area contributed by atoms with Gasteiger partial charge in [-0.2, -0.15) is 0 Å². The van der Waals surface area contributed by atoms with Crippen LogP contribution < -0.4 is 0 Å². The lowest BCUT2D eigenvalue weighted by Gasteiger charge is -2.42. The van der Waals surface area contributed by atoms with Crippen molar-refractivity contribution in [3.63, 3.8) is 0 Å². The first kappa shape index (κ1) is 13.5. The lowest BCUT2D eigenvalue weighted by molar-refractivity contribution is 0.0634. The van der Waals surface area contributed by atoms with Crippen LogP contribution >= 0.6 is 15.9 Å². The molecule has 2 aliphatic heterocycles. The predicted octanol–water partition coefficient (Wildman–Crippen LogP) is 1.61. The number of halogens is 1. The van der Waals surface area contributed by atoms with Crippen molar-refractivity contribution in [2.75, 3.05) is 52.9 Å². The number of hydrogen-bond donors (Lipinski definition) is 0. The fourth-order valence-corrected chi connectivity index (χ4v) is 3.32. The number of rotatable bonds is 3. The molecule has 2 saturated heterocycles. The van der Waals surface area contributed by atoms with Gasteiger partial charge in [-0.3, -0.25) is 9.80 Å². The van der Waals surface area contributed by atoms with Crippen LogP contribution in [0, 0.1) is 0 Å². The van der Waals surface area contributed by atoms with Gasteiger partial charge in [-0.05, 0) is 26.4 Å². The van der Waals surface area contributed by atoms with Gasteiger partial charge in [-0.1, -0.05) is 22.5 Å². The molecule has 2 heterocycles. The molecular weight excluding hydrogens is 278 g/mol. The molecule has 4 heteroatoms. The van der Waals surface area contributed by atoms with Gasteiger partial charge < -0.3 is 4.90 Å². The molecule has 2 aliphatic rings. The average Bonchev–Trinajstić information content (AvgIpc) is 2.29. The molecule has 3 nitrogen and oxygen atoms in total. The Labute approximate surface area is 114 Å². The summed E-state index contributed by atoms with van der Waals surface area (Å²) in [6, 6.07) is 0.795. The van der Waals surface area contributed by atoms with Crippen molar-refractivity contribution in [3.05, 3.63) is 11.1 Å². The van der Waals surface area contributed by atoms with E-state index in [0.29, 0.717) is 0 Å². The molecule has 1 atom stereocenters. The van der Waals surface area contributed by atoms with Crippen LogP contribution in [0.4, 0.5) is 0 Å². The molecule has 17 heavy (non-hydrogen) atoms. The summed E-state index contributed by atoms with van der Waals surface area (Å²) in [5.41, 5.74) is 0. The molecular formula is C13H24BrN3. The number of piperazine rings is 1. The topological polar surface area (TPSA) is 9.72 Å². The fraction of sp³-hybridized carbons (Fsp3) is 0.846. The third-order valence-corrected chi connectivity index (χ3v) is 4.17. The Morgan fingerprint density at radius 3 is 2.53 bits per heavy atom. The highest BCUT2D eigenvalue weighted by Gasteiger charge is 2.26. The molecule has 1 unspecified atom stereocenters. The van der Waals surface area contributed by atoms with E-state index in [9.17, 15) is 0 Å². The van der Waals surface area contributed by atoms with Crippen LogP contribution in [-0.2, 0) is 0 Å². The summed E-state index contributed by atoms with van der Waals surface area (Å²) in [6.07, 6.45) is 2.75. The second kappa shape index (κ2) is 6.32. The Kier molecular flexibility index (Phi) is 5.03. The minimum Gasteiger partial charge on any atom is -0.305 e. The fourth-order valence-electron chi connectivity index (χ4n) is 2.97. The van der Waals surface area contributed by atoms with E-state index in [2.05, 4.69) is 44.3 Å². The lowest BCUT2D eigenvalue weighted by atomic mass is 10.0. The van der Waals surface area contributed by atoms with E-state index in [4.69, 9.17) is 0 Å². The summed E-state index contributed by atoms with van der Waals surface area (Å²) < 4.78 is 1.10. The number of hydrogen-bond acceptors (Lipinski definition) is 3. The van der Waals surface area contributed by atoms with Gasteiger partial charge in [0.05, 0.1) is 0 Å². The normalized spacial score (nSPS) is 29.4. The first-order valence-electron chi connectivity index (χ1n) is 6.63. The van der Waals surface area contributed by atoms with Crippen molar-refractivity contribution in [2.45, 2.75) is 18.9 Å². The van der Waals surface area contributed by atoms with Crippen molar-refractivity contribution in [1.29, 1.82) is 0 Å². The van der Waals surface area contributed by atoms with Crippen LogP contribution in [0.15, 0.2) is 11.1 Å². The molecule has 0 aliphatic carbocycles. The van der Waals surface area contributed by atoms with Crippen LogP contribution in [0.2, 0.25) is 0 Å². The van der Waals surface area contributed by atoms with Gasteiger partial charge in [-0.15, -0.1) is 0 Å². The largest absolute Gasteiger partial charge is 0.305 e. The molecule has 0 aromatic carbocycles. The van der Waals surface area contributed by atoms with Gasteiger partial charge in [0.25, 0.3) is 0 Å². The third kappa shape index (κ3) is 4.05. The molecule has 98 valence electrons. The monoisotopic (exact) mass is 301 g/mol. The molecule has 0 bridgehead atoms. The number of likely N-dealkylation sites (tertiary alicyclic amines) is 1. The Morgan fingerprint density at radius 1 is 1.24 bits per heavy atom. The van der Waals surface area contributed by atoms with Gasteiger partial charge in [0.15, 0.2) is 0 Å². The van der Waals surface area contributed by atoms with Crippen LogP contribution in [-0.4, -0.2) is 73.6 Å². The summed E-state index contributed by atoms with van der Waals surface area (Å²) in [5, 5.41) is 0. The van der Waals surface area contributed by atoms with E-state index < -0.39 is 0 Å². The van der Waals surface area contributed by atoms with Gasteiger partial charge in [0.1, 0.15) is 0 Å². The summed E-state index contributed by atoms with van der Waals surface area (Å²) in [7, 11) is 2.25. The second-order valence-corrected chi connectivity index (χ2v) is 6.51. The SMILES string of the molecule is C=C(Br)CN1CCN(C2CCCN(C)C2)CC1. The van der Waals surface area contributed by atoms with Gasteiger partial charge >= 0.3 is 0 Å². The summed E-state index contributed by atoms with van der Waals surface area (Å²) in [6.45, 7) is 12.3. The average molecular weight is 302 g/mol. The van der Waals surface area contributed by atoms with E-state index in [1.54, 1.807) is 0 Å². The van der Waals surface area contributed by atoms with Crippen molar-refractivity contribution >= 4 is 15.9 Å². The predicted molar refractivity (Wildman–Crippen MR) is 76.6 cm³/mol. The van der Waals surface area contributed by atoms with Crippen molar-refractivity contribution in [2.24, 2.45) is 0 Å². The van der Waals surface area contributed by atoms with Gasteiger partial charge in [0.2, 0.25) is 0 Å². The smallest absolute Gasteiger partial charge is 0.0294 e. The first-order valence-corrected chi connectivity index (χ1v) is 7.42. The van der Waals surface area contributed by atoms with Crippen molar-refractivity contribution in [3.8, 4) is 0 Å². The van der Waals surface area contributed by atoms with Crippen LogP contribution in [0.1, 0.15) is 12.8 Å². The molecule has 0 spiro atoms. The van der Waals surface area contributed by atoms with Gasteiger partial charge in [-0.25, -0.2) is 0 Å². The van der Waals surface area contributed by atoms with Crippen LogP contribution in [0.5, 0.6) is 0 Å². The highest BCUT2D eigenvalue weighted by Crippen LogP contribution is 2.17. The van der Waals surface area contributed by atoms with Crippen molar-refractivity contribution < 1.29 is 0 Å². The molecule has 0 aromatic rings. The quantitative estimate of drug-likeness (QED) is 0.784. The Bertz CT molecular complexity index is 261. The Hall–Kier alpha value is 0.1000. The van der Waals surface area contributed by atoms with E-state index in [1.807, 2.05) is 0 Å². The minimum absolute atomic E-state index is 0.795. The summed E-state index contributed by atoms with van der Waals surface area (Å²) >= 11 is 3.45. The summed E-state index contributed by atoms with van der Waals surface area (Å²) in [5.74, 6) is 0. The van der Waals surface area contributed by atoms with Crippen LogP contribution in [0.25, 0.3) is 0 Å². The zero-order chi connectivity index (χ0) is 12.3. The highest BCUT2D eigenvalue weighted by molar-refractivity contribution is 9.11. The molecule has 0 aromatic heterocycles. The van der Waals surface area contributed by atoms with E-state index in [1.165, 1.54) is 52.1 Å². The Morgan fingerprint density at radius 2 is 1.94 bits per heavy atom. The minimum atomic E-state index is 0.795.